The predicted octanol–water partition coefficient (Wildman–Crippen LogP) is 1.82. The second-order valence-electron chi connectivity index (χ2n) is 5.71. The topological polar surface area (TPSA) is 69.6 Å². The van der Waals surface area contributed by atoms with Crippen molar-refractivity contribution < 1.29 is 9.90 Å². The molecule has 0 spiro atoms. The zero-order valence-corrected chi connectivity index (χ0v) is 11.5. The van der Waals surface area contributed by atoms with Crippen molar-refractivity contribution in [3.63, 3.8) is 0 Å². The van der Waals surface area contributed by atoms with Gasteiger partial charge < -0.3 is 14.9 Å². The molecule has 2 aromatic rings. The average Bonchev–Trinajstić information content (AvgIpc) is 2.47. The SMILES string of the molecule is O=C(O)N1CC2CCN(c3cnc4ccccc4n3)CC21. The van der Waals surface area contributed by atoms with Crippen molar-refractivity contribution >= 4 is 22.9 Å². The second kappa shape index (κ2) is 4.58. The van der Waals surface area contributed by atoms with Crippen molar-refractivity contribution in [3.8, 4) is 0 Å². The highest BCUT2D eigenvalue weighted by Gasteiger charge is 2.45. The van der Waals surface area contributed by atoms with Gasteiger partial charge in [0.1, 0.15) is 5.82 Å². The van der Waals surface area contributed by atoms with Crippen LogP contribution in [0.4, 0.5) is 10.6 Å². The van der Waals surface area contributed by atoms with Crippen LogP contribution in [-0.4, -0.2) is 51.7 Å². The number of likely N-dealkylation sites (tertiary alicyclic amines) is 1. The van der Waals surface area contributed by atoms with Crippen LogP contribution < -0.4 is 4.90 Å². The van der Waals surface area contributed by atoms with Crippen LogP contribution in [0.15, 0.2) is 30.5 Å². The molecule has 0 saturated carbocycles. The Morgan fingerprint density at radius 1 is 1.24 bits per heavy atom. The summed E-state index contributed by atoms with van der Waals surface area (Å²) in [5.74, 6) is 1.34. The van der Waals surface area contributed by atoms with E-state index in [9.17, 15) is 4.79 Å². The summed E-state index contributed by atoms with van der Waals surface area (Å²) < 4.78 is 0. The Hall–Kier alpha value is -2.37. The molecule has 0 bridgehead atoms. The van der Waals surface area contributed by atoms with Gasteiger partial charge in [0, 0.05) is 25.6 Å². The first-order valence-electron chi connectivity index (χ1n) is 7.18. The monoisotopic (exact) mass is 284 g/mol. The maximum Gasteiger partial charge on any atom is 0.407 e. The highest BCUT2D eigenvalue weighted by molar-refractivity contribution is 5.75. The zero-order chi connectivity index (χ0) is 14.4. The standard InChI is InChI=1S/C15H16N4O2/c20-15(21)19-8-10-5-6-18(9-13(10)19)14-7-16-11-3-1-2-4-12(11)17-14/h1-4,7,10,13H,5-6,8-9H2,(H,20,21). The van der Waals surface area contributed by atoms with Crippen molar-refractivity contribution in [3.05, 3.63) is 30.5 Å². The smallest absolute Gasteiger partial charge is 0.407 e. The molecule has 2 atom stereocenters. The number of anilines is 1. The molecule has 4 rings (SSSR count). The lowest BCUT2D eigenvalue weighted by atomic mass is 9.83. The van der Waals surface area contributed by atoms with Gasteiger partial charge in [-0.3, -0.25) is 4.98 Å². The molecular weight excluding hydrogens is 268 g/mol. The van der Waals surface area contributed by atoms with Crippen molar-refractivity contribution in [2.45, 2.75) is 12.5 Å². The van der Waals surface area contributed by atoms with Gasteiger partial charge in [-0.05, 0) is 18.6 Å². The van der Waals surface area contributed by atoms with Crippen molar-refractivity contribution in [2.75, 3.05) is 24.5 Å². The number of para-hydroxylation sites is 2. The predicted molar refractivity (Wildman–Crippen MR) is 78.4 cm³/mol. The molecule has 1 N–H and O–H groups in total. The summed E-state index contributed by atoms with van der Waals surface area (Å²) in [6, 6.07) is 7.89. The van der Waals surface area contributed by atoms with E-state index >= 15 is 0 Å². The highest BCUT2D eigenvalue weighted by atomic mass is 16.4. The third-order valence-corrected chi connectivity index (χ3v) is 4.56. The molecule has 2 aliphatic heterocycles. The number of piperidine rings is 1. The van der Waals surface area contributed by atoms with Crippen LogP contribution in [0.1, 0.15) is 6.42 Å². The number of hydrogen-bond donors (Lipinski definition) is 1. The largest absolute Gasteiger partial charge is 0.465 e. The first-order valence-corrected chi connectivity index (χ1v) is 7.18. The summed E-state index contributed by atoms with van der Waals surface area (Å²) >= 11 is 0. The lowest BCUT2D eigenvalue weighted by Gasteiger charge is -2.52. The summed E-state index contributed by atoms with van der Waals surface area (Å²) in [7, 11) is 0. The van der Waals surface area contributed by atoms with E-state index in [2.05, 4.69) is 14.9 Å². The van der Waals surface area contributed by atoms with E-state index in [1.807, 2.05) is 24.3 Å². The van der Waals surface area contributed by atoms with E-state index in [1.54, 1.807) is 6.20 Å². The number of rotatable bonds is 1. The second-order valence-corrected chi connectivity index (χ2v) is 5.71. The number of aromatic nitrogens is 2. The maximum absolute atomic E-state index is 11.1. The Morgan fingerprint density at radius 2 is 2.05 bits per heavy atom. The van der Waals surface area contributed by atoms with Crippen LogP contribution >= 0.6 is 0 Å². The minimum Gasteiger partial charge on any atom is -0.465 e. The van der Waals surface area contributed by atoms with Gasteiger partial charge in [0.2, 0.25) is 0 Å². The molecule has 2 saturated heterocycles. The van der Waals surface area contributed by atoms with E-state index in [0.29, 0.717) is 19.0 Å². The van der Waals surface area contributed by atoms with Gasteiger partial charge in [0.05, 0.1) is 23.3 Å². The maximum atomic E-state index is 11.1. The van der Waals surface area contributed by atoms with Gasteiger partial charge >= 0.3 is 6.09 Å². The molecular formula is C15H16N4O2. The van der Waals surface area contributed by atoms with Crippen molar-refractivity contribution in [2.24, 2.45) is 5.92 Å². The number of amides is 1. The van der Waals surface area contributed by atoms with Crippen LogP contribution in [-0.2, 0) is 0 Å². The molecule has 0 aliphatic carbocycles. The molecule has 2 fully saturated rings. The van der Waals surface area contributed by atoms with Gasteiger partial charge in [-0.2, -0.15) is 0 Å². The molecule has 21 heavy (non-hydrogen) atoms. The van der Waals surface area contributed by atoms with E-state index in [4.69, 9.17) is 5.11 Å². The van der Waals surface area contributed by atoms with Gasteiger partial charge in [0.15, 0.2) is 0 Å². The van der Waals surface area contributed by atoms with E-state index in [-0.39, 0.29) is 6.04 Å². The van der Waals surface area contributed by atoms with E-state index < -0.39 is 6.09 Å². The molecule has 1 aromatic carbocycles. The summed E-state index contributed by atoms with van der Waals surface area (Å²) in [6.45, 7) is 2.31. The fourth-order valence-corrected chi connectivity index (χ4v) is 3.32. The Balaban J connectivity index is 1.59. The van der Waals surface area contributed by atoms with E-state index in [1.165, 1.54) is 4.90 Å². The molecule has 1 aromatic heterocycles. The van der Waals surface area contributed by atoms with Crippen LogP contribution in [0.25, 0.3) is 11.0 Å². The lowest BCUT2D eigenvalue weighted by Crippen LogP contribution is -2.65. The molecule has 108 valence electrons. The summed E-state index contributed by atoms with van der Waals surface area (Å²) in [5, 5.41) is 9.15. The number of benzene rings is 1. The molecule has 6 heteroatoms. The Morgan fingerprint density at radius 3 is 2.86 bits per heavy atom. The number of carboxylic acid groups (broad SMARTS) is 1. The van der Waals surface area contributed by atoms with Gasteiger partial charge in [-0.1, -0.05) is 12.1 Å². The number of nitrogens with zero attached hydrogens (tertiary/aromatic N) is 4. The fraction of sp³-hybridized carbons (Fsp3) is 0.400. The molecule has 6 nitrogen and oxygen atoms in total. The minimum atomic E-state index is -0.817. The minimum absolute atomic E-state index is 0.101. The average molecular weight is 284 g/mol. The van der Waals surface area contributed by atoms with Crippen LogP contribution in [0.5, 0.6) is 0 Å². The van der Waals surface area contributed by atoms with Crippen LogP contribution in [0.2, 0.25) is 0 Å². The fourth-order valence-electron chi connectivity index (χ4n) is 3.32. The summed E-state index contributed by atoms with van der Waals surface area (Å²) in [4.78, 5) is 23.9. The first kappa shape index (κ1) is 12.4. The Kier molecular flexibility index (Phi) is 2.70. The third-order valence-electron chi connectivity index (χ3n) is 4.56. The highest BCUT2D eigenvalue weighted by Crippen LogP contribution is 2.33. The van der Waals surface area contributed by atoms with E-state index in [0.717, 1.165) is 29.8 Å². The number of carbonyl (C=O) groups is 1. The molecule has 1 amide bonds. The lowest BCUT2D eigenvalue weighted by molar-refractivity contribution is 0.0135. The molecule has 3 heterocycles. The summed E-state index contributed by atoms with van der Waals surface area (Å²) in [5.41, 5.74) is 1.76. The number of hydrogen-bond acceptors (Lipinski definition) is 4. The Bertz CT molecular complexity index is 705. The van der Waals surface area contributed by atoms with Crippen LogP contribution in [0, 0.1) is 5.92 Å². The quantitative estimate of drug-likeness (QED) is 0.865. The molecule has 0 radical (unpaired) electrons. The van der Waals surface area contributed by atoms with Crippen molar-refractivity contribution in [1.82, 2.24) is 14.9 Å². The van der Waals surface area contributed by atoms with Crippen LogP contribution in [0.3, 0.4) is 0 Å². The Labute approximate surface area is 122 Å². The normalized spacial score (nSPS) is 24.6. The van der Waals surface area contributed by atoms with Gasteiger partial charge in [0.25, 0.3) is 0 Å². The molecule has 2 unspecified atom stereocenters. The zero-order valence-electron chi connectivity index (χ0n) is 11.5. The van der Waals surface area contributed by atoms with Crippen molar-refractivity contribution in [1.29, 1.82) is 0 Å². The first-order chi connectivity index (χ1) is 10.2. The van der Waals surface area contributed by atoms with Gasteiger partial charge in [-0.25, -0.2) is 9.78 Å². The number of fused-ring (bicyclic) bond motifs is 2. The summed E-state index contributed by atoms with van der Waals surface area (Å²) in [6.07, 6.45) is 1.98. The molecule has 2 aliphatic rings. The third kappa shape index (κ3) is 1.98. The van der Waals surface area contributed by atoms with Gasteiger partial charge in [-0.15, -0.1) is 0 Å².